The van der Waals surface area contributed by atoms with E-state index in [2.05, 4.69) is 5.32 Å². The molecule has 1 aliphatic heterocycles. The molecule has 1 saturated heterocycles. The average molecular weight is 185 g/mol. The fraction of sp³-hybridized carbons (Fsp3) is 0.900. The second-order valence-electron chi connectivity index (χ2n) is 4.75. The molecule has 0 aliphatic carbocycles. The molecule has 1 fully saturated rings. The van der Waals surface area contributed by atoms with Gasteiger partial charge >= 0.3 is 0 Å². The van der Waals surface area contributed by atoms with E-state index in [0.29, 0.717) is 0 Å². The minimum absolute atomic E-state index is 0.0249. The van der Waals surface area contributed by atoms with Gasteiger partial charge in [0.1, 0.15) is 6.10 Å². The van der Waals surface area contributed by atoms with Crippen molar-refractivity contribution in [1.82, 2.24) is 5.32 Å². The third-order valence-corrected chi connectivity index (χ3v) is 2.02. The van der Waals surface area contributed by atoms with E-state index in [9.17, 15) is 4.79 Å². The fourth-order valence-corrected chi connectivity index (χ4v) is 1.45. The Morgan fingerprint density at radius 2 is 2.00 bits per heavy atom. The van der Waals surface area contributed by atoms with Crippen LogP contribution in [0.3, 0.4) is 0 Å². The van der Waals surface area contributed by atoms with E-state index >= 15 is 0 Å². The van der Waals surface area contributed by atoms with Crippen molar-refractivity contribution in [3.8, 4) is 0 Å². The van der Waals surface area contributed by atoms with Crippen LogP contribution in [0.5, 0.6) is 0 Å². The van der Waals surface area contributed by atoms with Gasteiger partial charge in [0.15, 0.2) is 0 Å². The van der Waals surface area contributed by atoms with Gasteiger partial charge in [-0.2, -0.15) is 0 Å². The van der Waals surface area contributed by atoms with Crippen LogP contribution in [0.4, 0.5) is 0 Å². The molecule has 0 bridgehead atoms. The number of rotatable bonds is 1. The molecule has 2 unspecified atom stereocenters. The normalized spacial score (nSPS) is 28.9. The summed E-state index contributed by atoms with van der Waals surface area (Å²) in [7, 11) is 0. The van der Waals surface area contributed by atoms with Crippen molar-refractivity contribution in [3.05, 3.63) is 0 Å². The molecule has 0 aromatic rings. The molecule has 0 aromatic heterocycles. The van der Waals surface area contributed by atoms with Crippen molar-refractivity contribution in [3.63, 3.8) is 0 Å². The highest BCUT2D eigenvalue weighted by atomic mass is 16.5. The highest BCUT2D eigenvalue weighted by Crippen LogP contribution is 2.19. The van der Waals surface area contributed by atoms with Crippen molar-refractivity contribution >= 4 is 5.91 Å². The first kappa shape index (κ1) is 10.5. The Morgan fingerprint density at radius 1 is 1.38 bits per heavy atom. The fourth-order valence-electron chi connectivity index (χ4n) is 1.45. The maximum absolute atomic E-state index is 11.6. The minimum atomic E-state index is -0.228. The van der Waals surface area contributed by atoms with Gasteiger partial charge in [-0.25, -0.2) is 0 Å². The second-order valence-corrected chi connectivity index (χ2v) is 4.75. The van der Waals surface area contributed by atoms with Crippen LogP contribution in [-0.4, -0.2) is 23.7 Å². The predicted molar refractivity (Wildman–Crippen MR) is 51.5 cm³/mol. The van der Waals surface area contributed by atoms with E-state index < -0.39 is 0 Å². The zero-order chi connectivity index (χ0) is 10.1. The Hall–Kier alpha value is -0.570. The molecule has 1 amide bonds. The van der Waals surface area contributed by atoms with E-state index in [0.717, 1.165) is 12.8 Å². The molecule has 1 aliphatic rings. The number of carbonyl (C=O) groups excluding carboxylic acids is 1. The smallest absolute Gasteiger partial charge is 0.249 e. The molecule has 1 N–H and O–H groups in total. The Labute approximate surface area is 79.8 Å². The molecule has 1 rings (SSSR count). The summed E-state index contributed by atoms with van der Waals surface area (Å²) in [5.74, 6) is 0.0249. The quantitative estimate of drug-likeness (QED) is 0.671. The van der Waals surface area contributed by atoms with Gasteiger partial charge in [0, 0.05) is 5.54 Å². The van der Waals surface area contributed by atoms with Gasteiger partial charge in [0.25, 0.3) is 0 Å². The lowest BCUT2D eigenvalue weighted by molar-refractivity contribution is -0.133. The van der Waals surface area contributed by atoms with Gasteiger partial charge < -0.3 is 10.1 Å². The molecule has 0 spiro atoms. The van der Waals surface area contributed by atoms with Gasteiger partial charge in [-0.3, -0.25) is 4.79 Å². The van der Waals surface area contributed by atoms with E-state index in [1.807, 2.05) is 27.7 Å². The third-order valence-electron chi connectivity index (χ3n) is 2.02. The summed E-state index contributed by atoms with van der Waals surface area (Å²) in [5, 5.41) is 2.92. The molecule has 0 aromatic carbocycles. The average Bonchev–Trinajstić information content (AvgIpc) is 2.31. The van der Waals surface area contributed by atoms with Crippen LogP contribution in [0.25, 0.3) is 0 Å². The Balaban J connectivity index is 2.41. The maximum atomic E-state index is 11.6. The van der Waals surface area contributed by atoms with Gasteiger partial charge in [-0.15, -0.1) is 0 Å². The van der Waals surface area contributed by atoms with E-state index in [4.69, 9.17) is 4.74 Å². The van der Waals surface area contributed by atoms with E-state index in [-0.39, 0.29) is 23.7 Å². The first-order chi connectivity index (χ1) is 5.88. The number of ether oxygens (including phenoxy) is 1. The lowest BCUT2D eigenvalue weighted by Gasteiger charge is -2.22. The number of hydrogen-bond donors (Lipinski definition) is 1. The van der Waals surface area contributed by atoms with Crippen LogP contribution in [-0.2, 0) is 9.53 Å². The number of carbonyl (C=O) groups is 1. The summed E-state index contributed by atoms with van der Waals surface area (Å²) < 4.78 is 5.46. The zero-order valence-corrected chi connectivity index (χ0v) is 8.89. The van der Waals surface area contributed by atoms with Crippen molar-refractivity contribution in [2.24, 2.45) is 0 Å². The summed E-state index contributed by atoms with van der Waals surface area (Å²) in [6.07, 6.45) is 1.84. The Kier molecular flexibility index (Phi) is 2.96. The van der Waals surface area contributed by atoms with Crippen molar-refractivity contribution in [2.45, 2.75) is 58.3 Å². The van der Waals surface area contributed by atoms with Crippen molar-refractivity contribution in [2.75, 3.05) is 0 Å². The first-order valence-corrected chi connectivity index (χ1v) is 4.86. The Bertz CT molecular complexity index is 196. The lowest BCUT2D eigenvalue weighted by atomic mass is 10.1. The van der Waals surface area contributed by atoms with Crippen LogP contribution in [0.1, 0.15) is 40.5 Å². The highest BCUT2D eigenvalue weighted by Gasteiger charge is 2.29. The summed E-state index contributed by atoms with van der Waals surface area (Å²) in [6.45, 7) is 7.93. The summed E-state index contributed by atoms with van der Waals surface area (Å²) >= 11 is 0. The molecule has 76 valence electrons. The summed E-state index contributed by atoms with van der Waals surface area (Å²) in [6, 6.07) is 0. The molecule has 13 heavy (non-hydrogen) atoms. The van der Waals surface area contributed by atoms with E-state index in [1.165, 1.54) is 0 Å². The predicted octanol–water partition coefficient (Wildman–Crippen LogP) is 1.47. The van der Waals surface area contributed by atoms with Crippen LogP contribution in [0, 0.1) is 0 Å². The van der Waals surface area contributed by atoms with Crippen LogP contribution in [0.2, 0.25) is 0 Å². The first-order valence-electron chi connectivity index (χ1n) is 4.86. The third kappa shape index (κ3) is 3.35. The molecule has 0 radical (unpaired) electrons. The molecular formula is C10H19NO2. The van der Waals surface area contributed by atoms with Crippen molar-refractivity contribution in [1.29, 1.82) is 0 Å². The van der Waals surface area contributed by atoms with Gasteiger partial charge in [0.2, 0.25) is 5.91 Å². The number of amides is 1. The highest BCUT2D eigenvalue weighted by molar-refractivity contribution is 5.81. The van der Waals surface area contributed by atoms with Gasteiger partial charge in [-0.05, 0) is 40.5 Å². The number of hydrogen-bond acceptors (Lipinski definition) is 2. The van der Waals surface area contributed by atoms with Crippen LogP contribution in [0.15, 0.2) is 0 Å². The minimum Gasteiger partial charge on any atom is -0.365 e. The molecule has 1 heterocycles. The monoisotopic (exact) mass is 185 g/mol. The standard InChI is InChI=1S/C10H19NO2/c1-7-5-6-8(13-7)9(12)11-10(2,3)4/h7-8H,5-6H2,1-4H3,(H,11,12). The van der Waals surface area contributed by atoms with Crippen LogP contribution < -0.4 is 5.32 Å². The maximum Gasteiger partial charge on any atom is 0.249 e. The molecular weight excluding hydrogens is 166 g/mol. The summed E-state index contributed by atoms with van der Waals surface area (Å²) in [4.78, 5) is 11.6. The molecule has 3 heteroatoms. The molecule has 0 saturated carbocycles. The lowest BCUT2D eigenvalue weighted by Crippen LogP contribution is -2.45. The molecule has 3 nitrogen and oxygen atoms in total. The second kappa shape index (κ2) is 3.66. The van der Waals surface area contributed by atoms with Crippen LogP contribution >= 0.6 is 0 Å². The van der Waals surface area contributed by atoms with E-state index in [1.54, 1.807) is 0 Å². The topological polar surface area (TPSA) is 38.3 Å². The molecule has 2 atom stereocenters. The van der Waals surface area contributed by atoms with Gasteiger partial charge in [0.05, 0.1) is 6.10 Å². The Morgan fingerprint density at radius 3 is 2.38 bits per heavy atom. The van der Waals surface area contributed by atoms with Crippen molar-refractivity contribution < 1.29 is 9.53 Å². The van der Waals surface area contributed by atoms with Gasteiger partial charge in [-0.1, -0.05) is 0 Å². The number of nitrogens with one attached hydrogen (secondary N) is 1. The largest absolute Gasteiger partial charge is 0.365 e. The SMILES string of the molecule is CC1CCC(C(=O)NC(C)(C)C)O1. The summed E-state index contributed by atoms with van der Waals surface area (Å²) in [5.41, 5.74) is -0.160. The zero-order valence-electron chi connectivity index (χ0n) is 8.89.